The molecule has 35 heavy (non-hydrogen) atoms. The van der Waals surface area contributed by atoms with Crippen LogP contribution in [0.15, 0.2) is 52.8 Å². The molecule has 0 fully saturated rings. The van der Waals surface area contributed by atoms with E-state index in [1.165, 1.54) is 0 Å². The van der Waals surface area contributed by atoms with E-state index in [9.17, 15) is 19.2 Å². The molecule has 1 aliphatic carbocycles. The second-order valence-corrected chi connectivity index (χ2v) is 9.32. The Bertz CT molecular complexity index is 1010. The van der Waals surface area contributed by atoms with Crippen LogP contribution in [0.25, 0.3) is 0 Å². The van der Waals surface area contributed by atoms with E-state index >= 15 is 0 Å². The van der Waals surface area contributed by atoms with Crippen LogP contribution in [-0.2, 0) is 19.2 Å². The van der Waals surface area contributed by atoms with E-state index in [-0.39, 0.29) is 36.6 Å². The number of nitrogens with one attached hydrogen (secondary N) is 3. The van der Waals surface area contributed by atoms with Crippen LogP contribution in [0.3, 0.4) is 0 Å². The molecule has 0 aromatic rings. The number of nitrogens with zero attached hydrogens (tertiary/aromatic N) is 1. The number of fused-ring (bicyclic) bond motifs is 1. The molecule has 188 valence electrons. The number of nitrogens with two attached hydrogens (primary N) is 2. The summed E-state index contributed by atoms with van der Waals surface area (Å²) in [6.07, 6.45) is 13.1. The highest BCUT2D eigenvalue weighted by molar-refractivity contribution is 6.03. The van der Waals surface area contributed by atoms with Crippen LogP contribution >= 0.6 is 0 Å². The van der Waals surface area contributed by atoms with Gasteiger partial charge in [0.15, 0.2) is 0 Å². The number of carbonyl (C=O) groups is 4. The molecule has 3 amide bonds. The van der Waals surface area contributed by atoms with Gasteiger partial charge in [0.2, 0.25) is 17.7 Å². The lowest BCUT2D eigenvalue weighted by molar-refractivity contribution is -0.131. The predicted octanol–water partition coefficient (Wildman–Crippen LogP) is -0.0222. The zero-order valence-electron chi connectivity index (χ0n) is 20.1. The van der Waals surface area contributed by atoms with Crippen molar-refractivity contribution in [1.29, 1.82) is 0 Å². The summed E-state index contributed by atoms with van der Waals surface area (Å²) in [5.74, 6) is -1.56. The molecule has 3 unspecified atom stereocenters. The maximum atomic E-state index is 13.4. The minimum atomic E-state index is -1.13. The summed E-state index contributed by atoms with van der Waals surface area (Å²) in [4.78, 5) is 52.7. The number of primary amides is 1. The molecule has 0 saturated carbocycles. The second-order valence-electron chi connectivity index (χ2n) is 9.32. The average Bonchev–Trinajstić information content (AvgIpc) is 3.23. The second kappa shape index (κ2) is 11.7. The largest absolute Gasteiger partial charge is 0.380 e. The molecule has 0 bridgehead atoms. The van der Waals surface area contributed by atoms with Crippen molar-refractivity contribution < 1.29 is 19.2 Å². The van der Waals surface area contributed by atoms with E-state index in [1.807, 2.05) is 44.4 Å². The zero-order valence-corrected chi connectivity index (χ0v) is 20.1. The minimum absolute atomic E-state index is 0.0252. The van der Waals surface area contributed by atoms with Crippen molar-refractivity contribution in [3.8, 4) is 0 Å². The van der Waals surface area contributed by atoms with Crippen molar-refractivity contribution in [1.82, 2.24) is 16.0 Å². The fraction of sp³-hybridized carbons (Fsp3) is 0.480. The summed E-state index contributed by atoms with van der Waals surface area (Å²) in [5.41, 5.74) is 13.7. The van der Waals surface area contributed by atoms with Gasteiger partial charge in [0.05, 0.1) is 30.8 Å². The maximum absolute atomic E-state index is 13.4. The normalized spacial score (nSPS) is 30.2. The van der Waals surface area contributed by atoms with Crippen LogP contribution < -0.4 is 27.4 Å². The van der Waals surface area contributed by atoms with Crippen LogP contribution in [0.2, 0.25) is 0 Å². The predicted molar refractivity (Wildman–Crippen MR) is 133 cm³/mol. The topological polar surface area (TPSA) is 169 Å². The van der Waals surface area contributed by atoms with Crippen molar-refractivity contribution in [3.63, 3.8) is 0 Å². The van der Waals surface area contributed by atoms with E-state index in [2.05, 4.69) is 27.0 Å². The summed E-state index contributed by atoms with van der Waals surface area (Å²) in [6, 6.07) is -2.44. The van der Waals surface area contributed by atoms with Gasteiger partial charge >= 0.3 is 0 Å². The first kappa shape index (κ1) is 26.1. The molecule has 0 saturated heterocycles. The number of carbonyl (C=O) groups excluding carboxylic acids is 4. The Kier molecular flexibility index (Phi) is 8.75. The van der Waals surface area contributed by atoms with Gasteiger partial charge in [0.25, 0.3) is 0 Å². The summed E-state index contributed by atoms with van der Waals surface area (Å²) in [7, 11) is 0. The number of allylic oxidation sites excluding steroid dienone is 5. The first-order valence-corrected chi connectivity index (χ1v) is 11.8. The third kappa shape index (κ3) is 6.75. The highest BCUT2D eigenvalue weighted by Crippen LogP contribution is 2.31. The van der Waals surface area contributed by atoms with Gasteiger partial charge in [-0.25, -0.2) is 0 Å². The van der Waals surface area contributed by atoms with Gasteiger partial charge in [-0.15, -0.1) is 0 Å². The minimum Gasteiger partial charge on any atom is -0.380 e. The van der Waals surface area contributed by atoms with Crippen LogP contribution in [-0.4, -0.2) is 54.4 Å². The molecular weight excluding hydrogens is 448 g/mol. The van der Waals surface area contributed by atoms with Crippen LogP contribution in [0.4, 0.5) is 0 Å². The van der Waals surface area contributed by atoms with Crippen LogP contribution in [0.5, 0.6) is 0 Å². The fourth-order valence-electron chi connectivity index (χ4n) is 4.44. The zero-order chi connectivity index (χ0) is 25.5. The lowest BCUT2D eigenvalue weighted by atomic mass is 9.87. The Labute approximate surface area is 205 Å². The van der Waals surface area contributed by atoms with E-state index in [0.29, 0.717) is 12.8 Å². The van der Waals surface area contributed by atoms with E-state index in [0.717, 1.165) is 23.3 Å². The molecule has 0 radical (unpaired) electrons. The quantitative estimate of drug-likeness (QED) is 0.289. The molecule has 3 rings (SSSR count). The Hall–Kier alpha value is -3.53. The summed E-state index contributed by atoms with van der Waals surface area (Å²) in [5, 5.41) is 8.90. The third-order valence-corrected chi connectivity index (χ3v) is 6.64. The molecule has 2 aliphatic heterocycles. The molecule has 10 nitrogen and oxygen atoms in total. The molecule has 0 spiro atoms. The van der Waals surface area contributed by atoms with E-state index < -0.39 is 29.9 Å². The number of hydrogen-bond acceptors (Lipinski definition) is 7. The van der Waals surface area contributed by atoms with Crippen molar-refractivity contribution in [3.05, 3.63) is 47.9 Å². The fourth-order valence-corrected chi connectivity index (χ4v) is 4.44. The van der Waals surface area contributed by atoms with Crippen LogP contribution in [0, 0.1) is 17.8 Å². The van der Waals surface area contributed by atoms with Gasteiger partial charge in [-0.1, -0.05) is 38.2 Å². The Morgan fingerprint density at radius 1 is 1.31 bits per heavy atom. The summed E-state index contributed by atoms with van der Waals surface area (Å²) in [6.45, 7) is 4.13. The third-order valence-electron chi connectivity index (χ3n) is 6.64. The molecule has 6 atom stereocenters. The van der Waals surface area contributed by atoms with Gasteiger partial charge in [-0.2, -0.15) is 0 Å². The summed E-state index contributed by atoms with van der Waals surface area (Å²) < 4.78 is 0. The Morgan fingerprint density at radius 2 is 2.09 bits per heavy atom. The highest BCUT2D eigenvalue weighted by Gasteiger charge is 2.33. The van der Waals surface area contributed by atoms with E-state index in [4.69, 9.17) is 11.5 Å². The molecule has 10 heteroatoms. The molecule has 7 N–H and O–H groups in total. The SMILES string of the molecule is CC1/C=C(/NCC=O)[C@H](CC2=CN=C3C=CC=CC23)NC(=O)[C@@H](NC(=O)[C@@H](N)CC(N)=O)CC1C. The van der Waals surface area contributed by atoms with Gasteiger partial charge in [-0.3, -0.25) is 19.4 Å². The standard InChI is InChI=1S/C25H34N6O4/c1-14-9-20(28-7-8-32)21(11-16-13-29-19-6-4-3-5-17(16)19)30-25(35)22(10-15(14)2)31-24(34)18(26)12-23(27)33/h3-6,8-9,13-15,17-18,21-22,28H,7,10-12,26H2,1-2H3,(H2,27,33)(H,30,35)(H,31,34)/b20-9+/t14?,15?,17?,18-,21-,22-/m0/s1. The van der Waals surface area contributed by atoms with E-state index in [1.54, 1.807) is 0 Å². The van der Waals surface area contributed by atoms with Crippen molar-refractivity contribution >= 4 is 29.7 Å². The molecule has 0 aromatic heterocycles. The van der Waals surface area contributed by atoms with Gasteiger partial charge in [0.1, 0.15) is 12.3 Å². The molecule has 3 aliphatic rings. The summed E-state index contributed by atoms with van der Waals surface area (Å²) >= 11 is 0. The van der Waals surface area contributed by atoms with Gasteiger partial charge < -0.3 is 32.2 Å². The number of aliphatic imine (C=N–C) groups is 1. The first-order chi connectivity index (χ1) is 16.7. The maximum Gasteiger partial charge on any atom is 0.243 e. The lowest BCUT2D eigenvalue weighted by Gasteiger charge is -2.27. The number of amides is 3. The first-order valence-electron chi connectivity index (χ1n) is 11.8. The number of hydrogen-bond donors (Lipinski definition) is 5. The van der Waals surface area contributed by atoms with Crippen molar-refractivity contribution in [2.75, 3.05) is 6.54 Å². The monoisotopic (exact) mass is 482 g/mol. The Balaban J connectivity index is 1.84. The average molecular weight is 483 g/mol. The van der Waals surface area contributed by atoms with Crippen molar-refractivity contribution in [2.24, 2.45) is 34.2 Å². The Morgan fingerprint density at radius 3 is 2.80 bits per heavy atom. The van der Waals surface area contributed by atoms with Gasteiger partial charge in [-0.05, 0) is 36.3 Å². The van der Waals surface area contributed by atoms with Crippen molar-refractivity contribution in [2.45, 2.75) is 51.2 Å². The number of aldehydes is 1. The lowest BCUT2D eigenvalue weighted by Crippen LogP contribution is -2.54. The van der Waals surface area contributed by atoms with Gasteiger partial charge in [0, 0.05) is 17.8 Å². The van der Waals surface area contributed by atoms with Crippen LogP contribution in [0.1, 0.15) is 33.1 Å². The molecular formula is C25H34N6O4. The molecule has 2 heterocycles. The highest BCUT2D eigenvalue weighted by atomic mass is 16.2. The molecule has 0 aromatic carbocycles. The number of rotatable bonds is 9. The smallest absolute Gasteiger partial charge is 0.243 e.